The average molecular weight is 289 g/mol. The quantitative estimate of drug-likeness (QED) is 0.629. The molecule has 1 heterocycles. The van der Waals surface area contributed by atoms with Crippen molar-refractivity contribution >= 4 is 15.8 Å². The van der Waals surface area contributed by atoms with Crippen LogP contribution in [0.3, 0.4) is 0 Å². The van der Waals surface area contributed by atoms with Crippen LogP contribution in [0.2, 0.25) is 0 Å². The van der Waals surface area contributed by atoms with Gasteiger partial charge >= 0.3 is 0 Å². The van der Waals surface area contributed by atoms with E-state index in [-0.39, 0.29) is 12.3 Å². The Morgan fingerprint density at radius 2 is 1.68 bits per heavy atom. The number of aliphatic imine (C=N–C) groups is 1. The van der Waals surface area contributed by atoms with Crippen LogP contribution in [0.4, 0.5) is 0 Å². The predicted octanol–water partition coefficient (Wildman–Crippen LogP) is 1.39. The topological polar surface area (TPSA) is 75.8 Å². The Morgan fingerprint density at radius 1 is 1.16 bits per heavy atom. The van der Waals surface area contributed by atoms with Crippen LogP contribution >= 0.6 is 0 Å². The van der Waals surface area contributed by atoms with E-state index in [1.54, 1.807) is 20.8 Å². The maximum atomic E-state index is 11.9. The molecule has 2 N–H and O–H groups in total. The van der Waals surface area contributed by atoms with Gasteiger partial charge in [-0.25, -0.2) is 8.42 Å². The van der Waals surface area contributed by atoms with Crippen molar-refractivity contribution in [1.82, 2.24) is 4.90 Å². The normalized spacial score (nSPS) is 19.3. The summed E-state index contributed by atoms with van der Waals surface area (Å²) in [5.74, 6) is 0.552. The van der Waals surface area contributed by atoms with Crippen molar-refractivity contribution in [3.8, 4) is 0 Å². The molecule has 0 aromatic carbocycles. The lowest BCUT2D eigenvalue weighted by molar-refractivity contribution is 0.429. The first kappa shape index (κ1) is 16.3. The van der Waals surface area contributed by atoms with E-state index in [1.165, 1.54) is 12.8 Å². The molecule has 1 fully saturated rings. The monoisotopic (exact) mass is 289 g/mol. The number of sulfone groups is 1. The van der Waals surface area contributed by atoms with E-state index in [1.807, 2.05) is 0 Å². The lowest BCUT2D eigenvalue weighted by Gasteiger charge is -2.22. The van der Waals surface area contributed by atoms with Crippen molar-refractivity contribution in [3.05, 3.63) is 0 Å². The fourth-order valence-corrected chi connectivity index (χ4v) is 2.93. The minimum absolute atomic E-state index is 0.0606. The van der Waals surface area contributed by atoms with E-state index in [9.17, 15) is 8.42 Å². The lowest BCUT2D eigenvalue weighted by Crippen LogP contribution is -2.38. The highest BCUT2D eigenvalue weighted by atomic mass is 32.2. The molecule has 1 aliphatic heterocycles. The van der Waals surface area contributed by atoms with Gasteiger partial charge in [-0.3, -0.25) is 4.99 Å². The van der Waals surface area contributed by atoms with Crippen molar-refractivity contribution in [2.45, 2.75) is 51.2 Å². The third-order valence-corrected chi connectivity index (χ3v) is 6.08. The molecule has 19 heavy (non-hydrogen) atoms. The highest BCUT2D eigenvalue weighted by Crippen LogP contribution is 2.15. The molecule has 1 rings (SSSR count). The van der Waals surface area contributed by atoms with Gasteiger partial charge in [-0.1, -0.05) is 12.8 Å². The highest BCUT2D eigenvalue weighted by molar-refractivity contribution is 7.92. The average Bonchev–Trinajstić information content (AvgIpc) is 2.55. The second-order valence-electron chi connectivity index (χ2n) is 6.07. The number of hydrogen-bond acceptors (Lipinski definition) is 3. The summed E-state index contributed by atoms with van der Waals surface area (Å²) < 4.78 is 23.2. The largest absolute Gasteiger partial charge is 0.370 e. The third kappa shape index (κ3) is 5.01. The van der Waals surface area contributed by atoms with Gasteiger partial charge in [-0.15, -0.1) is 0 Å². The summed E-state index contributed by atoms with van der Waals surface area (Å²) in [7, 11) is -3.11. The predicted molar refractivity (Wildman–Crippen MR) is 80.1 cm³/mol. The molecule has 0 spiro atoms. The van der Waals surface area contributed by atoms with Gasteiger partial charge in [0, 0.05) is 13.1 Å². The smallest absolute Gasteiger partial charge is 0.191 e. The fraction of sp³-hybridized carbons (Fsp3) is 0.923. The number of guanidine groups is 1. The Bertz CT molecular complexity index is 402. The summed E-state index contributed by atoms with van der Waals surface area (Å²) in [6.07, 6.45) is 4.75. The Hall–Kier alpha value is -0.780. The first-order valence-electron chi connectivity index (χ1n) is 7.01. The van der Waals surface area contributed by atoms with Crippen molar-refractivity contribution < 1.29 is 8.42 Å². The zero-order valence-corrected chi connectivity index (χ0v) is 13.2. The molecule has 112 valence electrons. The van der Waals surface area contributed by atoms with E-state index < -0.39 is 14.6 Å². The van der Waals surface area contributed by atoms with Crippen LogP contribution in [0, 0.1) is 0 Å². The van der Waals surface area contributed by atoms with Crippen molar-refractivity contribution in [3.63, 3.8) is 0 Å². The van der Waals surface area contributed by atoms with Gasteiger partial charge in [0.05, 0.1) is 17.0 Å². The van der Waals surface area contributed by atoms with E-state index in [0.717, 1.165) is 25.9 Å². The van der Waals surface area contributed by atoms with E-state index in [0.29, 0.717) is 5.96 Å². The molecule has 0 aromatic rings. The summed E-state index contributed by atoms with van der Waals surface area (Å²) in [5.41, 5.74) is 5.94. The van der Waals surface area contributed by atoms with Gasteiger partial charge in [-0.2, -0.15) is 0 Å². The molecule has 1 aliphatic rings. The molecule has 6 heteroatoms. The summed E-state index contributed by atoms with van der Waals surface area (Å²) in [5, 5.41) is 0. The van der Waals surface area contributed by atoms with Gasteiger partial charge in [0.25, 0.3) is 0 Å². The summed E-state index contributed by atoms with van der Waals surface area (Å²) in [4.78, 5) is 6.30. The van der Waals surface area contributed by atoms with Gasteiger partial charge in [0.1, 0.15) is 0 Å². The minimum atomic E-state index is -3.11. The van der Waals surface area contributed by atoms with Gasteiger partial charge < -0.3 is 10.6 Å². The molecule has 0 saturated carbocycles. The number of nitrogens with zero attached hydrogens (tertiary/aromatic N) is 2. The van der Waals surface area contributed by atoms with Gasteiger partial charge in [0.15, 0.2) is 15.8 Å². The molecule has 5 nitrogen and oxygen atoms in total. The van der Waals surface area contributed by atoms with E-state index >= 15 is 0 Å². The van der Waals surface area contributed by atoms with Crippen molar-refractivity contribution in [2.75, 3.05) is 25.4 Å². The molecular formula is C13H27N3O2S. The van der Waals surface area contributed by atoms with Crippen molar-refractivity contribution in [2.24, 2.45) is 10.7 Å². The first-order chi connectivity index (χ1) is 8.74. The molecule has 0 bridgehead atoms. The molecule has 0 aromatic heterocycles. The SMILES string of the molecule is CC(C)(C)S(=O)(=O)CCN=C(N)N1CCCCCC1. The second kappa shape index (κ2) is 6.59. The molecule has 1 saturated heterocycles. The summed E-state index contributed by atoms with van der Waals surface area (Å²) in [6.45, 7) is 7.25. The zero-order valence-electron chi connectivity index (χ0n) is 12.4. The standard InChI is InChI=1S/C13H27N3O2S/c1-13(2,3)19(17,18)11-8-15-12(14)16-9-6-4-5-7-10-16/h4-11H2,1-3H3,(H2,14,15). The number of hydrogen-bond donors (Lipinski definition) is 1. The third-order valence-electron chi connectivity index (χ3n) is 3.50. The van der Waals surface area contributed by atoms with Crippen LogP contribution in [0.15, 0.2) is 4.99 Å². The number of likely N-dealkylation sites (tertiary alicyclic amines) is 1. The van der Waals surface area contributed by atoms with Crippen LogP contribution < -0.4 is 5.73 Å². The van der Waals surface area contributed by atoms with Gasteiger partial charge in [-0.05, 0) is 33.6 Å². The lowest BCUT2D eigenvalue weighted by atomic mass is 10.2. The molecule has 0 radical (unpaired) electrons. The van der Waals surface area contributed by atoms with E-state index in [4.69, 9.17) is 5.73 Å². The Labute approximate surface area is 117 Å². The first-order valence-corrected chi connectivity index (χ1v) is 8.66. The van der Waals surface area contributed by atoms with Crippen LogP contribution in [-0.4, -0.2) is 49.4 Å². The molecule has 0 atom stereocenters. The van der Waals surface area contributed by atoms with Crippen LogP contribution in [-0.2, 0) is 9.84 Å². The van der Waals surface area contributed by atoms with Crippen LogP contribution in [0.1, 0.15) is 46.5 Å². The van der Waals surface area contributed by atoms with E-state index in [2.05, 4.69) is 9.89 Å². The number of rotatable bonds is 3. The Morgan fingerprint density at radius 3 is 2.16 bits per heavy atom. The molecule has 0 amide bonds. The number of nitrogens with two attached hydrogens (primary N) is 1. The minimum Gasteiger partial charge on any atom is -0.370 e. The Kier molecular flexibility index (Phi) is 5.64. The molecule has 0 unspecified atom stereocenters. The van der Waals surface area contributed by atoms with Gasteiger partial charge in [0.2, 0.25) is 0 Å². The van der Waals surface area contributed by atoms with Crippen LogP contribution in [0.25, 0.3) is 0 Å². The second-order valence-corrected chi connectivity index (χ2v) is 8.93. The fourth-order valence-electron chi connectivity index (χ4n) is 1.99. The Balaban J connectivity index is 2.52. The molecular weight excluding hydrogens is 262 g/mol. The summed E-state index contributed by atoms with van der Waals surface area (Å²) >= 11 is 0. The maximum absolute atomic E-state index is 11.9. The maximum Gasteiger partial charge on any atom is 0.191 e. The molecule has 0 aliphatic carbocycles. The zero-order chi connectivity index (χ0) is 14.5. The van der Waals surface area contributed by atoms with Crippen molar-refractivity contribution in [1.29, 1.82) is 0 Å². The highest BCUT2D eigenvalue weighted by Gasteiger charge is 2.28. The summed E-state index contributed by atoms with van der Waals surface area (Å²) in [6, 6.07) is 0. The van der Waals surface area contributed by atoms with Crippen LogP contribution in [0.5, 0.6) is 0 Å².